The van der Waals surface area contributed by atoms with E-state index in [1.165, 1.54) is 19.3 Å². The van der Waals surface area contributed by atoms with Crippen molar-refractivity contribution in [3.8, 4) is 0 Å². The zero-order valence-electron chi connectivity index (χ0n) is 16.4. The molecule has 30 heavy (non-hydrogen) atoms. The van der Waals surface area contributed by atoms with Crippen molar-refractivity contribution >= 4 is 27.5 Å². The van der Waals surface area contributed by atoms with Gasteiger partial charge >= 0.3 is 0 Å². The molecule has 1 aromatic carbocycles. The number of nitrogens with zero attached hydrogens (tertiary/aromatic N) is 1. The zero-order valence-corrected chi connectivity index (χ0v) is 18.0. The maximum Gasteiger partial charge on any atom is 0.244 e. The maximum atomic E-state index is 13.0. The number of benzene rings is 1. The second kappa shape index (κ2) is 12.7. The molecule has 0 radical (unpaired) electrons. The molecule has 1 aromatic rings. The summed E-state index contributed by atoms with van der Waals surface area (Å²) in [6.45, 7) is 1.03. The smallest absolute Gasteiger partial charge is 0.244 e. The average molecular weight is 459 g/mol. The van der Waals surface area contributed by atoms with Crippen molar-refractivity contribution < 1.29 is 13.2 Å². The van der Waals surface area contributed by atoms with Crippen molar-refractivity contribution in [1.82, 2.24) is 9.62 Å². The molecule has 1 atom stereocenters. The van der Waals surface area contributed by atoms with Crippen LogP contribution < -0.4 is 5.32 Å². The number of nitrogens with one attached hydrogen (secondary N) is 1. The van der Waals surface area contributed by atoms with E-state index in [0.717, 1.165) is 38.5 Å². The highest BCUT2D eigenvalue weighted by Gasteiger charge is 2.36. The van der Waals surface area contributed by atoms with Crippen LogP contribution in [0.1, 0.15) is 79.1 Å². The minimum Gasteiger partial charge on any atom is -0.356 e. The fourth-order valence-electron chi connectivity index (χ4n) is 4.42. The van der Waals surface area contributed by atoms with Gasteiger partial charge in [0.05, 0.1) is 5.02 Å². The van der Waals surface area contributed by atoms with Gasteiger partial charge in [-0.05, 0) is 44.2 Å². The Kier molecular flexibility index (Phi) is 11.4. The van der Waals surface area contributed by atoms with E-state index >= 15 is 0 Å². The number of amides is 1. The molecule has 0 aromatic heterocycles. The van der Waals surface area contributed by atoms with Gasteiger partial charge in [0.2, 0.25) is 15.9 Å². The van der Waals surface area contributed by atoms with Crippen molar-refractivity contribution in [2.75, 3.05) is 13.1 Å². The second-order valence-electron chi connectivity index (χ2n) is 7.96. The monoisotopic (exact) mass is 458 g/mol. The molecule has 1 unspecified atom stereocenters. The third kappa shape index (κ3) is 6.69. The van der Waals surface area contributed by atoms with Crippen LogP contribution in [0.25, 0.3) is 0 Å². The van der Waals surface area contributed by atoms with E-state index in [2.05, 4.69) is 5.32 Å². The molecule has 1 saturated heterocycles. The quantitative estimate of drug-likeness (QED) is 0.600. The topological polar surface area (TPSA) is 66.5 Å². The lowest BCUT2D eigenvalue weighted by Crippen LogP contribution is -2.39. The Labute approximate surface area is 188 Å². The molecule has 1 aliphatic heterocycles. The van der Waals surface area contributed by atoms with Crippen LogP contribution in [-0.4, -0.2) is 37.8 Å². The van der Waals surface area contributed by atoms with E-state index in [9.17, 15) is 13.2 Å². The fourth-order valence-corrected chi connectivity index (χ4v) is 6.64. The summed E-state index contributed by atoms with van der Waals surface area (Å²) in [5, 5.41) is 3.32. The Hall–Kier alpha value is -1.11. The molecule has 1 aliphatic carbocycles. The Balaban J connectivity index is 0.00000225. The first kappa shape index (κ1) is 26.9. The van der Waals surface area contributed by atoms with E-state index < -0.39 is 10.0 Å². The highest BCUT2D eigenvalue weighted by atomic mass is 35.5. The fraction of sp³-hybridized carbons (Fsp3) is 0.696. The van der Waals surface area contributed by atoms with Crippen LogP contribution in [0.5, 0.6) is 0 Å². The number of halogens is 1. The summed E-state index contributed by atoms with van der Waals surface area (Å²) in [4.78, 5) is 12.7. The van der Waals surface area contributed by atoms with Crippen molar-refractivity contribution in [1.29, 1.82) is 0 Å². The van der Waals surface area contributed by atoms with Gasteiger partial charge in [0.1, 0.15) is 4.90 Å². The zero-order chi connectivity index (χ0) is 20.0. The van der Waals surface area contributed by atoms with Crippen molar-refractivity contribution in [3.63, 3.8) is 0 Å². The summed E-state index contributed by atoms with van der Waals surface area (Å²) >= 11 is 6.13. The largest absolute Gasteiger partial charge is 0.356 e. The van der Waals surface area contributed by atoms with Crippen molar-refractivity contribution in [3.05, 3.63) is 29.3 Å². The van der Waals surface area contributed by atoms with Gasteiger partial charge in [0.25, 0.3) is 0 Å². The van der Waals surface area contributed by atoms with Gasteiger partial charge in [-0.15, -0.1) is 0 Å². The molecule has 2 aliphatic rings. The lowest BCUT2D eigenvalue weighted by Gasteiger charge is -2.25. The van der Waals surface area contributed by atoms with Gasteiger partial charge in [-0.25, -0.2) is 8.42 Å². The van der Waals surface area contributed by atoms with Gasteiger partial charge in [0.15, 0.2) is 0 Å². The van der Waals surface area contributed by atoms with Gasteiger partial charge in [-0.3, -0.25) is 4.79 Å². The number of sulfonamides is 1. The SMILES string of the molecule is C.C.O=C(NCCC1CCCN1S(=O)(=O)c1ccccc1Cl)C1CCCCCCC1. The maximum absolute atomic E-state index is 13.0. The van der Waals surface area contributed by atoms with Crippen LogP contribution in [0.2, 0.25) is 5.02 Å². The molecule has 1 heterocycles. The average Bonchev–Trinajstić information content (AvgIpc) is 3.11. The minimum atomic E-state index is -3.61. The summed E-state index contributed by atoms with van der Waals surface area (Å²) in [6, 6.07) is 6.50. The molecule has 172 valence electrons. The molecule has 1 amide bonds. The molecular weight excluding hydrogens is 420 g/mol. The summed E-state index contributed by atoms with van der Waals surface area (Å²) in [6.07, 6.45) is 10.2. The number of hydrogen-bond donors (Lipinski definition) is 1. The molecule has 0 bridgehead atoms. The predicted octanol–water partition coefficient (Wildman–Crippen LogP) is 5.63. The first-order valence-corrected chi connectivity index (χ1v) is 12.4. The van der Waals surface area contributed by atoms with E-state index in [-0.39, 0.29) is 42.6 Å². The van der Waals surface area contributed by atoms with Crippen LogP contribution in [0.15, 0.2) is 29.2 Å². The van der Waals surface area contributed by atoms with Gasteiger partial charge in [0, 0.05) is 25.0 Å². The molecule has 3 rings (SSSR count). The van der Waals surface area contributed by atoms with Gasteiger partial charge in [-0.2, -0.15) is 4.31 Å². The van der Waals surface area contributed by atoms with Crippen LogP contribution in [-0.2, 0) is 14.8 Å². The Morgan fingerprint density at radius 1 is 1.00 bits per heavy atom. The molecule has 5 nitrogen and oxygen atoms in total. The third-order valence-corrected chi connectivity index (χ3v) is 8.45. The minimum absolute atomic E-state index is 0. The standard InChI is InChI=1S/C21H31ClN2O3S.2CH4/c22-19-12-6-7-13-20(19)28(26,27)24-16-8-11-18(24)14-15-23-21(25)17-9-4-2-1-3-5-10-17;;/h6-7,12-13,17-18H,1-5,8-11,14-16H2,(H,23,25);2*1H4. The molecular formula is C23H39ClN2O3S. The Morgan fingerprint density at radius 3 is 2.30 bits per heavy atom. The molecule has 2 fully saturated rings. The Morgan fingerprint density at radius 2 is 1.63 bits per heavy atom. The number of hydrogen-bond acceptors (Lipinski definition) is 3. The first-order valence-electron chi connectivity index (χ1n) is 10.5. The highest BCUT2D eigenvalue weighted by Crippen LogP contribution is 2.31. The van der Waals surface area contributed by atoms with E-state index in [1.807, 2.05) is 0 Å². The molecule has 1 N–H and O–H groups in total. The summed E-state index contributed by atoms with van der Waals surface area (Å²) in [5.74, 6) is 0.257. The first-order chi connectivity index (χ1) is 13.5. The number of carbonyl (C=O) groups excluding carboxylic acids is 1. The van der Waals surface area contributed by atoms with Crippen molar-refractivity contribution in [2.45, 2.75) is 90.0 Å². The van der Waals surface area contributed by atoms with E-state index in [4.69, 9.17) is 11.6 Å². The number of rotatable bonds is 6. The summed E-state index contributed by atoms with van der Waals surface area (Å²) in [5.41, 5.74) is 0. The summed E-state index contributed by atoms with van der Waals surface area (Å²) in [7, 11) is -3.61. The summed E-state index contributed by atoms with van der Waals surface area (Å²) < 4.78 is 27.6. The van der Waals surface area contributed by atoms with Crippen molar-refractivity contribution in [2.24, 2.45) is 5.92 Å². The van der Waals surface area contributed by atoms with Crippen LogP contribution >= 0.6 is 11.6 Å². The van der Waals surface area contributed by atoms with Gasteiger partial charge in [-0.1, -0.05) is 70.7 Å². The number of carbonyl (C=O) groups is 1. The Bertz CT molecular complexity index is 761. The van der Waals surface area contributed by atoms with Gasteiger partial charge < -0.3 is 5.32 Å². The lowest BCUT2D eigenvalue weighted by molar-refractivity contribution is -0.125. The van der Waals surface area contributed by atoms with Crippen LogP contribution in [0.3, 0.4) is 0 Å². The second-order valence-corrected chi connectivity index (χ2v) is 10.2. The normalized spacial score (nSPS) is 21.0. The van der Waals surface area contributed by atoms with Crippen LogP contribution in [0, 0.1) is 5.92 Å². The third-order valence-electron chi connectivity index (χ3n) is 6.00. The van der Waals surface area contributed by atoms with E-state index in [1.54, 1.807) is 28.6 Å². The molecule has 1 saturated carbocycles. The van der Waals surface area contributed by atoms with E-state index in [0.29, 0.717) is 19.5 Å². The molecule has 0 spiro atoms. The predicted molar refractivity (Wildman–Crippen MR) is 125 cm³/mol. The molecule has 7 heteroatoms. The van der Waals surface area contributed by atoms with Crippen LogP contribution in [0.4, 0.5) is 0 Å². The lowest BCUT2D eigenvalue weighted by atomic mass is 9.90. The highest BCUT2D eigenvalue weighted by molar-refractivity contribution is 7.89.